The molecular weight excluding hydrogens is 446 g/mol. The highest BCUT2D eigenvalue weighted by atomic mass is 16.5. The summed E-state index contributed by atoms with van der Waals surface area (Å²) >= 11 is 0. The molecule has 0 bridgehead atoms. The third kappa shape index (κ3) is 5.35. The van der Waals surface area contributed by atoms with Crippen molar-refractivity contribution in [3.05, 3.63) is 64.2 Å². The second kappa shape index (κ2) is 11.0. The molecule has 35 heavy (non-hydrogen) atoms. The van der Waals surface area contributed by atoms with Crippen LogP contribution in [0.2, 0.25) is 0 Å². The molecule has 7 heteroatoms. The summed E-state index contributed by atoms with van der Waals surface area (Å²) in [6, 6.07) is 10.2. The number of likely N-dealkylation sites (tertiary alicyclic amines) is 1. The van der Waals surface area contributed by atoms with Crippen LogP contribution < -0.4 is 9.47 Å². The lowest BCUT2D eigenvalue weighted by Gasteiger charge is -2.26. The van der Waals surface area contributed by atoms with Crippen LogP contribution in [0.3, 0.4) is 0 Å². The standard InChI is InChI=1S/C28H35NO6/c1-16(2)21-15-22(18(5)13-23(21)34-7)26(30)24-25(29(11-12-33-6)28(32)27(24)31)19-9-8-10-20(14-19)35-17(3)4/h8-10,13-17,25,30H,11-12H2,1-7H3/b26-24+. The number of hydrogen-bond donors (Lipinski definition) is 1. The van der Waals surface area contributed by atoms with Gasteiger partial charge in [-0.15, -0.1) is 0 Å². The van der Waals surface area contributed by atoms with Gasteiger partial charge in [0.15, 0.2) is 0 Å². The van der Waals surface area contributed by atoms with Crippen LogP contribution >= 0.6 is 0 Å². The fraction of sp³-hybridized carbons (Fsp3) is 0.429. The highest BCUT2D eigenvalue weighted by Gasteiger charge is 2.46. The number of rotatable bonds is 9. The minimum absolute atomic E-state index is 0.0403. The highest BCUT2D eigenvalue weighted by Crippen LogP contribution is 2.42. The Bertz CT molecular complexity index is 1130. The van der Waals surface area contributed by atoms with Crippen molar-refractivity contribution < 1.29 is 28.9 Å². The van der Waals surface area contributed by atoms with Crippen molar-refractivity contribution in [2.45, 2.75) is 52.7 Å². The molecule has 1 aliphatic heterocycles. The Morgan fingerprint density at radius 3 is 2.40 bits per heavy atom. The van der Waals surface area contributed by atoms with Crippen LogP contribution in [0, 0.1) is 6.92 Å². The van der Waals surface area contributed by atoms with Gasteiger partial charge in [0, 0.05) is 19.2 Å². The number of Topliss-reactive ketones (excluding diaryl/α,β-unsaturated/α-hetero) is 1. The maximum absolute atomic E-state index is 13.3. The summed E-state index contributed by atoms with van der Waals surface area (Å²) in [5, 5.41) is 11.5. The predicted octanol–water partition coefficient (Wildman–Crippen LogP) is 4.98. The molecule has 1 amide bonds. The number of hydrogen-bond acceptors (Lipinski definition) is 6. The Morgan fingerprint density at radius 2 is 1.80 bits per heavy atom. The van der Waals surface area contributed by atoms with Crippen LogP contribution in [0.1, 0.15) is 61.9 Å². The summed E-state index contributed by atoms with van der Waals surface area (Å²) in [5.41, 5.74) is 2.87. The zero-order valence-corrected chi connectivity index (χ0v) is 21.5. The lowest BCUT2D eigenvalue weighted by Crippen LogP contribution is -2.32. The number of nitrogens with zero attached hydrogens (tertiary/aromatic N) is 1. The normalized spacial score (nSPS) is 17.5. The largest absolute Gasteiger partial charge is 0.507 e. The Labute approximate surface area is 207 Å². The van der Waals surface area contributed by atoms with E-state index in [1.165, 1.54) is 12.0 Å². The third-order valence-corrected chi connectivity index (χ3v) is 6.08. The summed E-state index contributed by atoms with van der Waals surface area (Å²) in [6.07, 6.45) is -0.0403. The first-order chi connectivity index (χ1) is 16.6. The molecule has 2 aromatic carbocycles. The summed E-state index contributed by atoms with van der Waals surface area (Å²) in [7, 11) is 3.14. The summed E-state index contributed by atoms with van der Waals surface area (Å²) < 4.78 is 16.6. The topological polar surface area (TPSA) is 85.3 Å². The molecule has 1 aliphatic rings. The second-order valence-electron chi connectivity index (χ2n) is 9.29. The van der Waals surface area contributed by atoms with Gasteiger partial charge in [-0.2, -0.15) is 0 Å². The van der Waals surface area contributed by atoms with Crippen LogP contribution in [-0.2, 0) is 14.3 Å². The molecule has 1 atom stereocenters. The Balaban J connectivity index is 2.24. The van der Waals surface area contributed by atoms with E-state index in [2.05, 4.69) is 0 Å². The van der Waals surface area contributed by atoms with Crippen molar-refractivity contribution in [1.82, 2.24) is 4.90 Å². The number of carbonyl (C=O) groups excluding carboxylic acids is 2. The zero-order chi connectivity index (χ0) is 25.9. The number of aliphatic hydroxyl groups is 1. The van der Waals surface area contributed by atoms with Gasteiger partial charge in [-0.3, -0.25) is 9.59 Å². The van der Waals surface area contributed by atoms with E-state index in [0.717, 1.165) is 11.1 Å². The molecule has 1 fully saturated rings. The van der Waals surface area contributed by atoms with Gasteiger partial charge in [0.25, 0.3) is 11.7 Å². The molecule has 0 spiro atoms. The molecule has 1 saturated heterocycles. The first kappa shape index (κ1) is 26.3. The Hall–Kier alpha value is -3.32. The number of benzene rings is 2. The smallest absolute Gasteiger partial charge is 0.295 e. The molecule has 3 rings (SSSR count). The molecule has 188 valence electrons. The molecule has 0 aliphatic carbocycles. The monoisotopic (exact) mass is 481 g/mol. The molecule has 2 aromatic rings. The van der Waals surface area contributed by atoms with E-state index in [1.807, 2.05) is 71.0 Å². The minimum Gasteiger partial charge on any atom is -0.507 e. The molecule has 1 unspecified atom stereocenters. The number of carbonyl (C=O) groups is 2. The highest BCUT2D eigenvalue weighted by molar-refractivity contribution is 6.46. The summed E-state index contributed by atoms with van der Waals surface area (Å²) in [5.74, 6) is -0.131. The van der Waals surface area contributed by atoms with Crippen molar-refractivity contribution >= 4 is 17.4 Å². The SMILES string of the molecule is COCCN1C(=O)C(=O)/C(=C(/O)c2cc(C(C)C)c(OC)cc2C)C1c1cccc(OC(C)C)c1. The molecule has 7 nitrogen and oxygen atoms in total. The second-order valence-corrected chi connectivity index (χ2v) is 9.29. The molecule has 0 radical (unpaired) electrons. The van der Waals surface area contributed by atoms with Gasteiger partial charge in [-0.05, 0) is 67.6 Å². The van der Waals surface area contributed by atoms with E-state index >= 15 is 0 Å². The number of ether oxygens (including phenoxy) is 3. The quantitative estimate of drug-likeness (QED) is 0.309. The molecular formula is C28H35NO6. The van der Waals surface area contributed by atoms with Crippen LogP contribution in [0.4, 0.5) is 0 Å². The van der Waals surface area contributed by atoms with Crippen molar-refractivity contribution in [3.63, 3.8) is 0 Å². The fourth-order valence-electron chi connectivity index (χ4n) is 4.40. The van der Waals surface area contributed by atoms with Crippen LogP contribution in [0.25, 0.3) is 5.76 Å². The van der Waals surface area contributed by atoms with Crippen molar-refractivity contribution in [3.8, 4) is 11.5 Å². The Kier molecular flexibility index (Phi) is 8.22. The lowest BCUT2D eigenvalue weighted by atomic mass is 9.91. The van der Waals surface area contributed by atoms with E-state index < -0.39 is 17.7 Å². The fourth-order valence-corrected chi connectivity index (χ4v) is 4.40. The van der Waals surface area contributed by atoms with E-state index in [1.54, 1.807) is 7.11 Å². The number of aliphatic hydroxyl groups excluding tert-OH is 1. The molecule has 1 heterocycles. The number of ketones is 1. The van der Waals surface area contributed by atoms with Crippen molar-refractivity contribution in [2.75, 3.05) is 27.4 Å². The molecule has 1 N–H and O–H groups in total. The number of methoxy groups -OCH3 is 2. The van der Waals surface area contributed by atoms with Gasteiger partial charge in [0.2, 0.25) is 0 Å². The minimum atomic E-state index is -0.773. The third-order valence-electron chi connectivity index (χ3n) is 6.08. The van der Waals surface area contributed by atoms with Gasteiger partial charge >= 0.3 is 0 Å². The van der Waals surface area contributed by atoms with E-state index in [4.69, 9.17) is 14.2 Å². The van der Waals surface area contributed by atoms with E-state index in [9.17, 15) is 14.7 Å². The summed E-state index contributed by atoms with van der Waals surface area (Å²) in [4.78, 5) is 27.8. The molecule has 0 aromatic heterocycles. The van der Waals surface area contributed by atoms with Crippen LogP contribution in [0.5, 0.6) is 11.5 Å². The van der Waals surface area contributed by atoms with Gasteiger partial charge < -0.3 is 24.2 Å². The van der Waals surface area contributed by atoms with Crippen molar-refractivity contribution in [2.24, 2.45) is 0 Å². The van der Waals surface area contributed by atoms with Crippen LogP contribution in [-0.4, -0.2) is 55.2 Å². The van der Waals surface area contributed by atoms with E-state index in [0.29, 0.717) is 22.6 Å². The average molecular weight is 482 g/mol. The zero-order valence-electron chi connectivity index (χ0n) is 21.5. The lowest BCUT2D eigenvalue weighted by molar-refractivity contribution is -0.140. The van der Waals surface area contributed by atoms with Crippen LogP contribution in [0.15, 0.2) is 42.0 Å². The Morgan fingerprint density at radius 1 is 1.09 bits per heavy atom. The summed E-state index contributed by atoms with van der Waals surface area (Å²) in [6.45, 7) is 10.2. The van der Waals surface area contributed by atoms with Gasteiger partial charge in [0.1, 0.15) is 17.3 Å². The molecule has 0 saturated carbocycles. The van der Waals surface area contributed by atoms with Gasteiger partial charge in [-0.1, -0.05) is 26.0 Å². The maximum Gasteiger partial charge on any atom is 0.295 e. The van der Waals surface area contributed by atoms with Gasteiger partial charge in [0.05, 0.1) is 31.4 Å². The number of amides is 1. The predicted molar refractivity (Wildman–Crippen MR) is 135 cm³/mol. The average Bonchev–Trinajstić information content (AvgIpc) is 3.06. The maximum atomic E-state index is 13.3. The van der Waals surface area contributed by atoms with Crippen molar-refractivity contribution in [1.29, 1.82) is 0 Å². The van der Waals surface area contributed by atoms with Gasteiger partial charge in [-0.25, -0.2) is 0 Å². The first-order valence-electron chi connectivity index (χ1n) is 11.8. The number of aryl methyl sites for hydroxylation is 1. The van der Waals surface area contributed by atoms with E-state index in [-0.39, 0.29) is 36.5 Å². The first-order valence-corrected chi connectivity index (χ1v) is 11.8.